The highest BCUT2D eigenvalue weighted by molar-refractivity contribution is 5.75. The van der Waals surface area contributed by atoms with Gasteiger partial charge in [0.15, 0.2) is 0 Å². The number of carboxylic acids is 1. The van der Waals surface area contributed by atoms with E-state index < -0.39 is 11.4 Å². The lowest BCUT2D eigenvalue weighted by Crippen LogP contribution is -2.40. The molecule has 0 aliphatic carbocycles. The third-order valence-electron chi connectivity index (χ3n) is 4.96. The van der Waals surface area contributed by atoms with Crippen molar-refractivity contribution >= 4 is 5.97 Å². The van der Waals surface area contributed by atoms with Crippen LogP contribution in [-0.2, 0) is 4.79 Å². The first-order valence-corrected chi connectivity index (χ1v) is 8.75. The normalized spacial score (nSPS) is 17.4. The maximum absolute atomic E-state index is 12.1. The van der Waals surface area contributed by atoms with Crippen LogP contribution in [0.25, 0.3) is 0 Å². The van der Waals surface area contributed by atoms with Gasteiger partial charge in [0, 0.05) is 0 Å². The van der Waals surface area contributed by atoms with Crippen LogP contribution in [-0.4, -0.2) is 11.1 Å². The smallest absolute Gasteiger partial charge is 0.309 e. The van der Waals surface area contributed by atoms with E-state index in [1.54, 1.807) is 0 Å². The Morgan fingerprint density at radius 1 is 0.950 bits per heavy atom. The molecule has 0 aromatic rings. The third kappa shape index (κ3) is 5.10. The van der Waals surface area contributed by atoms with Crippen molar-refractivity contribution in [1.82, 2.24) is 0 Å². The van der Waals surface area contributed by atoms with Crippen molar-refractivity contribution in [3.05, 3.63) is 0 Å². The van der Waals surface area contributed by atoms with Gasteiger partial charge in [0.2, 0.25) is 0 Å². The highest BCUT2D eigenvalue weighted by Gasteiger charge is 2.44. The van der Waals surface area contributed by atoms with Crippen LogP contribution in [0.1, 0.15) is 92.4 Å². The van der Waals surface area contributed by atoms with E-state index in [1.165, 1.54) is 0 Å². The molecule has 0 bridgehead atoms. The second kappa shape index (κ2) is 10.2. The van der Waals surface area contributed by atoms with Crippen LogP contribution in [0.15, 0.2) is 0 Å². The maximum Gasteiger partial charge on any atom is 0.309 e. The minimum Gasteiger partial charge on any atom is -0.481 e. The van der Waals surface area contributed by atoms with Crippen molar-refractivity contribution in [3.63, 3.8) is 0 Å². The molecule has 0 aromatic heterocycles. The van der Waals surface area contributed by atoms with Crippen LogP contribution in [0.5, 0.6) is 0 Å². The van der Waals surface area contributed by atoms with Crippen molar-refractivity contribution in [3.8, 4) is 0 Å². The summed E-state index contributed by atoms with van der Waals surface area (Å²) in [6, 6.07) is 0. The predicted molar refractivity (Wildman–Crippen MR) is 87.0 cm³/mol. The molecular formula is C18H36O2. The largest absolute Gasteiger partial charge is 0.481 e. The van der Waals surface area contributed by atoms with Gasteiger partial charge in [0.25, 0.3) is 0 Å². The lowest BCUT2D eigenvalue weighted by atomic mass is 9.64. The Bertz CT molecular complexity index is 262. The minimum absolute atomic E-state index is 0.329. The Kier molecular flexibility index (Phi) is 9.96. The average molecular weight is 284 g/mol. The number of hydrogen-bond acceptors (Lipinski definition) is 1. The number of rotatable bonds is 12. The average Bonchev–Trinajstić information content (AvgIpc) is 2.43. The fraction of sp³-hybridized carbons (Fsp3) is 0.944. The third-order valence-corrected chi connectivity index (χ3v) is 4.96. The van der Waals surface area contributed by atoms with Crippen molar-refractivity contribution in [2.75, 3.05) is 0 Å². The fourth-order valence-corrected chi connectivity index (χ4v) is 3.88. The monoisotopic (exact) mass is 284 g/mol. The maximum atomic E-state index is 12.1. The fourth-order valence-electron chi connectivity index (χ4n) is 3.88. The lowest BCUT2D eigenvalue weighted by Gasteiger charge is -2.39. The van der Waals surface area contributed by atoms with E-state index in [4.69, 9.17) is 0 Å². The van der Waals surface area contributed by atoms with Gasteiger partial charge in [0.1, 0.15) is 0 Å². The van der Waals surface area contributed by atoms with E-state index in [-0.39, 0.29) is 0 Å². The second-order valence-electron chi connectivity index (χ2n) is 6.37. The molecule has 120 valence electrons. The van der Waals surface area contributed by atoms with Crippen LogP contribution in [0.4, 0.5) is 0 Å². The highest BCUT2D eigenvalue weighted by atomic mass is 16.4. The van der Waals surface area contributed by atoms with Crippen molar-refractivity contribution < 1.29 is 9.90 Å². The summed E-state index contributed by atoms with van der Waals surface area (Å²) in [7, 11) is 0. The summed E-state index contributed by atoms with van der Waals surface area (Å²) < 4.78 is 0. The molecule has 0 rings (SSSR count). The molecule has 3 atom stereocenters. The van der Waals surface area contributed by atoms with Crippen molar-refractivity contribution in [2.45, 2.75) is 92.4 Å². The quantitative estimate of drug-likeness (QED) is 0.484. The summed E-state index contributed by atoms with van der Waals surface area (Å²) in [5.74, 6) is 0.346. The van der Waals surface area contributed by atoms with Crippen molar-refractivity contribution in [2.24, 2.45) is 17.3 Å². The van der Waals surface area contributed by atoms with E-state index in [1.807, 2.05) is 0 Å². The van der Waals surface area contributed by atoms with E-state index in [0.29, 0.717) is 11.8 Å². The highest BCUT2D eigenvalue weighted by Crippen LogP contribution is 2.45. The van der Waals surface area contributed by atoms with Crippen LogP contribution >= 0.6 is 0 Å². The minimum atomic E-state index is -0.547. The zero-order valence-electron chi connectivity index (χ0n) is 14.4. The Hall–Kier alpha value is -0.530. The van der Waals surface area contributed by atoms with Gasteiger partial charge < -0.3 is 5.11 Å². The van der Waals surface area contributed by atoms with Gasteiger partial charge in [0.05, 0.1) is 5.41 Å². The predicted octanol–water partition coefficient (Wildman–Crippen LogP) is 5.90. The summed E-state index contributed by atoms with van der Waals surface area (Å²) in [5, 5.41) is 10.00. The number of aliphatic carboxylic acids is 1. The molecule has 0 radical (unpaired) electrons. The molecule has 1 N–H and O–H groups in total. The first-order chi connectivity index (χ1) is 9.52. The van der Waals surface area contributed by atoms with Gasteiger partial charge in [-0.2, -0.15) is 0 Å². The van der Waals surface area contributed by atoms with Gasteiger partial charge in [-0.15, -0.1) is 0 Å². The molecule has 3 unspecified atom stereocenters. The summed E-state index contributed by atoms with van der Waals surface area (Å²) >= 11 is 0. The molecule has 0 saturated carbocycles. The van der Waals surface area contributed by atoms with Gasteiger partial charge in [-0.25, -0.2) is 0 Å². The zero-order valence-corrected chi connectivity index (χ0v) is 14.4. The summed E-state index contributed by atoms with van der Waals surface area (Å²) in [4.78, 5) is 12.1. The summed E-state index contributed by atoms with van der Waals surface area (Å²) in [5.41, 5.74) is -0.491. The van der Waals surface area contributed by atoms with E-state index in [9.17, 15) is 9.90 Å². The molecule has 0 heterocycles. The van der Waals surface area contributed by atoms with Crippen LogP contribution in [0.2, 0.25) is 0 Å². The molecule has 2 nitrogen and oxygen atoms in total. The van der Waals surface area contributed by atoms with E-state index in [0.717, 1.165) is 57.8 Å². The zero-order chi connectivity index (χ0) is 15.6. The molecule has 0 amide bonds. The van der Waals surface area contributed by atoms with Crippen LogP contribution in [0.3, 0.4) is 0 Å². The molecule has 0 aliphatic heterocycles. The number of hydrogen-bond donors (Lipinski definition) is 1. The first kappa shape index (κ1) is 19.5. The first-order valence-electron chi connectivity index (χ1n) is 8.75. The van der Waals surface area contributed by atoms with E-state index in [2.05, 4.69) is 34.6 Å². The summed E-state index contributed by atoms with van der Waals surface area (Å²) in [6.07, 6.45) is 9.23. The molecule has 2 heteroatoms. The standard InChI is InChI=1S/C18H36O2/c1-6-11-15(9-4)14-18(13-8-3,17(19)20)16(10-5)12-7-2/h15-16H,6-14H2,1-5H3,(H,19,20). The number of carbonyl (C=O) groups is 1. The molecule has 0 spiro atoms. The summed E-state index contributed by atoms with van der Waals surface area (Å²) in [6.45, 7) is 10.9. The van der Waals surface area contributed by atoms with Gasteiger partial charge in [-0.05, 0) is 31.1 Å². The second-order valence-corrected chi connectivity index (χ2v) is 6.37. The Morgan fingerprint density at radius 2 is 1.55 bits per heavy atom. The van der Waals surface area contributed by atoms with Crippen LogP contribution < -0.4 is 0 Å². The van der Waals surface area contributed by atoms with Gasteiger partial charge in [-0.1, -0.05) is 73.1 Å². The topological polar surface area (TPSA) is 37.3 Å². The molecule has 0 fully saturated rings. The van der Waals surface area contributed by atoms with Crippen LogP contribution in [0, 0.1) is 17.3 Å². The molecule has 20 heavy (non-hydrogen) atoms. The van der Waals surface area contributed by atoms with Crippen molar-refractivity contribution in [1.29, 1.82) is 0 Å². The SMILES string of the molecule is CCCC(CC)CC(CCC)(C(=O)O)C(CC)CCC. The molecular weight excluding hydrogens is 248 g/mol. The molecule has 0 aliphatic rings. The Balaban J connectivity index is 5.32. The lowest BCUT2D eigenvalue weighted by molar-refractivity contribution is -0.155. The van der Waals surface area contributed by atoms with Gasteiger partial charge >= 0.3 is 5.97 Å². The Morgan fingerprint density at radius 3 is 1.90 bits per heavy atom. The van der Waals surface area contributed by atoms with E-state index >= 15 is 0 Å². The number of carboxylic acid groups (broad SMARTS) is 1. The Labute approximate surface area is 126 Å². The molecule has 0 aromatic carbocycles. The van der Waals surface area contributed by atoms with Gasteiger partial charge in [-0.3, -0.25) is 4.79 Å². The molecule has 0 saturated heterocycles.